The highest BCUT2D eigenvalue weighted by atomic mass is 35.5. The highest BCUT2D eigenvalue weighted by Crippen LogP contribution is 2.27. The lowest BCUT2D eigenvalue weighted by Gasteiger charge is -2.12. The van der Waals surface area contributed by atoms with Gasteiger partial charge in [0.1, 0.15) is 11.3 Å². The summed E-state index contributed by atoms with van der Waals surface area (Å²) >= 11 is 6.30. The lowest BCUT2D eigenvalue weighted by Crippen LogP contribution is -2.07. The summed E-state index contributed by atoms with van der Waals surface area (Å²) in [6.45, 7) is 4.98. The van der Waals surface area contributed by atoms with Crippen LogP contribution >= 0.6 is 11.6 Å². The van der Waals surface area contributed by atoms with Gasteiger partial charge < -0.3 is 10.3 Å². The summed E-state index contributed by atoms with van der Waals surface area (Å²) in [6, 6.07) is 13.8. The maximum atomic E-state index is 6.30. The molecule has 0 fully saturated rings. The number of nitrogen functional groups attached to an aromatic ring is 1. The molecule has 2 aromatic carbocycles. The number of nitrogens with zero attached hydrogens (tertiary/aromatic N) is 2. The van der Waals surface area contributed by atoms with Gasteiger partial charge in [0.15, 0.2) is 0 Å². The van der Waals surface area contributed by atoms with E-state index in [-0.39, 0.29) is 0 Å². The number of hydrogen-bond acceptors (Lipinski definition) is 2. The Morgan fingerprint density at radius 3 is 2.62 bits per heavy atom. The predicted molar refractivity (Wildman–Crippen MR) is 88.8 cm³/mol. The number of halogens is 1. The Hall–Kier alpha value is -2.00. The highest BCUT2D eigenvalue weighted by molar-refractivity contribution is 6.31. The third kappa shape index (κ3) is 2.49. The first-order valence-electron chi connectivity index (χ1n) is 7.06. The van der Waals surface area contributed by atoms with Gasteiger partial charge in [-0.1, -0.05) is 49.7 Å². The second-order valence-electron chi connectivity index (χ2n) is 5.52. The van der Waals surface area contributed by atoms with E-state index in [0.717, 1.165) is 27.4 Å². The van der Waals surface area contributed by atoms with E-state index in [4.69, 9.17) is 22.3 Å². The largest absolute Gasteiger partial charge is 0.397 e. The van der Waals surface area contributed by atoms with Crippen LogP contribution in [-0.4, -0.2) is 9.55 Å². The minimum absolute atomic E-state index is 0.319. The van der Waals surface area contributed by atoms with Gasteiger partial charge in [-0.25, -0.2) is 4.98 Å². The molecular formula is C17H18ClN3. The Labute approximate surface area is 129 Å². The minimum atomic E-state index is 0.319. The minimum Gasteiger partial charge on any atom is -0.397 e. The Balaban J connectivity index is 2.19. The molecule has 3 aromatic rings. The summed E-state index contributed by atoms with van der Waals surface area (Å²) < 4.78 is 2.21. The second-order valence-corrected chi connectivity index (χ2v) is 5.92. The molecule has 4 heteroatoms. The van der Waals surface area contributed by atoms with Crippen LogP contribution in [0.25, 0.3) is 11.0 Å². The summed E-state index contributed by atoms with van der Waals surface area (Å²) in [5.74, 6) is 1.35. The number of para-hydroxylation sites is 1. The molecule has 1 heterocycles. The molecule has 0 aliphatic carbocycles. The Bertz CT molecular complexity index is 790. The zero-order valence-electron chi connectivity index (χ0n) is 12.2. The molecule has 0 amide bonds. The average Bonchev–Trinajstić information content (AvgIpc) is 2.82. The summed E-state index contributed by atoms with van der Waals surface area (Å²) in [7, 11) is 0. The number of rotatable bonds is 3. The van der Waals surface area contributed by atoms with E-state index in [0.29, 0.717) is 18.2 Å². The fourth-order valence-electron chi connectivity index (χ4n) is 2.59. The van der Waals surface area contributed by atoms with Gasteiger partial charge in [0, 0.05) is 10.9 Å². The number of nitrogens with two attached hydrogens (primary N) is 1. The molecule has 0 saturated heterocycles. The van der Waals surface area contributed by atoms with Crippen molar-refractivity contribution >= 4 is 28.3 Å². The van der Waals surface area contributed by atoms with Gasteiger partial charge in [-0.15, -0.1) is 0 Å². The lowest BCUT2D eigenvalue weighted by molar-refractivity contribution is 0.683. The Morgan fingerprint density at radius 2 is 1.90 bits per heavy atom. The van der Waals surface area contributed by atoms with Crippen LogP contribution in [0.15, 0.2) is 42.5 Å². The van der Waals surface area contributed by atoms with Crippen LogP contribution < -0.4 is 5.73 Å². The van der Waals surface area contributed by atoms with Gasteiger partial charge >= 0.3 is 0 Å². The first-order chi connectivity index (χ1) is 10.1. The van der Waals surface area contributed by atoms with Crippen LogP contribution in [0, 0.1) is 0 Å². The van der Waals surface area contributed by atoms with Crippen molar-refractivity contribution in [1.29, 1.82) is 0 Å². The number of benzene rings is 2. The van der Waals surface area contributed by atoms with Gasteiger partial charge in [-0.3, -0.25) is 0 Å². The lowest BCUT2D eigenvalue weighted by atomic mass is 10.2. The molecule has 108 valence electrons. The first kappa shape index (κ1) is 14.0. The van der Waals surface area contributed by atoms with Crippen LogP contribution in [-0.2, 0) is 6.54 Å². The number of fused-ring (bicyclic) bond motifs is 1. The van der Waals surface area contributed by atoms with Crippen LogP contribution in [0.1, 0.15) is 31.2 Å². The molecule has 3 rings (SSSR count). The summed E-state index contributed by atoms with van der Waals surface area (Å²) in [5, 5.41) is 0.776. The molecule has 21 heavy (non-hydrogen) atoms. The molecule has 0 aliphatic rings. The topological polar surface area (TPSA) is 43.8 Å². The zero-order chi connectivity index (χ0) is 15.0. The van der Waals surface area contributed by atoms with Crippen molar-refractivity contribution in [2.24, 2.45) is 0 Å². The van der Waals surface area contributed by atoms with Crippen LogP contribution in [0.4, 0.5) is 5.69 Å². The predicted octanol–water partition coefficient (Wildman–Crippen LogP) is 4.44. The number of imidazole rings is 1. The first-order valence-corrected chi connectivity index (χ1v) is 7.43. The van der Waals surface area contributed by atoms with Crippen LogP contribution in [0.5, 0.6) is 0 Å². The van der Waals surface area contributed by atoms with E-state index in [2.05, 4.69) is 24.5 Å². The molecular weight excluding hydrogens is 282 g/mol. The Morgan fingerprint density at radius 1 is 1.14 bits per heavy atom. The monoisotopic (exact) mass is 299 g/mol. The van der Waals surface area contributed by atoms with E-state index in [1.54, 1.807) is 0 Å². The van der Waals surface area contributed by atoms with Crippen molar-refractivity contribution in [3.05, 3.63) is 58.9 Å². The van der Waals surface area contributed by atoms with Gasteiger partial charge in [-0.2, -0.15) is 0 Å². The van der Waals surface area contributed by atoms with Crippen molar-refractivity contribution in [3.8, 4) is 0 Å². The van der Waals surface area contributed by atoms with E-state index >= 15 is 0 Å². The van der Waals surface area contributed by atoms with E-state index in [1.165, 1.54) is 0 Å². The van der Waals surface area contributed by atoms with Crippen molar-refractivity contribution < 1.29 is 0 Å². The van der Waals surface area contributed by atoms with E-state index < -0.39 is 0 Å². The normalized spacial score (nSPS) is 11.4. The Kier molecular flexibility index (Phi) is 3.60. The maximum Gasteiger partial charge on any atom is 0.112 e. The fourth-order valence-corrected chi connectivity index (χ4v) is 2.79. The molecule has 2 N–H and O–H groups in total. The van der Waals surface area contributed by atoms with Crippen LogP contribution in [0.3, 0.4) is 0 Å². The van der Waals surface area contributed by atoms with Crippen molar-refractivity contribution in [2.75, 3.05) is 5.73 Å². The third-order valence-electron chi connectivity index (χ3n) is 3.64. The van der Waals surface area contributed by atoms with E-state index in [9.17, 15) is 0 Å². The number of aromatic nitrogens is 2. The number of hydrogen-bond donors (Lipinski definition) is 1. The van der Waals surface area contributed by atoms with Gasteiger partial charge in [0.05, 0.1) is 17.7 Å². The van der Waals surface area contributed by atoms with Gasteiger partial charge in [0.2, 0.25) is 0 Å². The fraction of sp³-hybridized carbons (Fsp3) is 0.235. The second kappa shape index (κ2) is 5.41. The average molecular weight is 300 g/mol. The molecule has 0 unspecified atom stereocenters. The molecule has 0 atom stereocenters. The standard InChI is InChI=1S/C17H18ClN3/c1-11(2)17-20-16-14(19)8-5-9-15(16)21(17)10-12-6-3-4-7-13(12)18/h3-9,11H,10,19H2,1-2H3. The maximum absolute atomic E-state index is 6.30. The summed E-state index contributed by atoms with van der Waals surface area (Å²) in [5.41, 5.74) is 9.78. The molecule has 0 spiro atoms. The summed E-state index contributed by atoms with van der Waals surface area (Å²) in [6.07, 6.45) is 0. The summed E-state index contributed by atoms with van der Waals surface area (Å²) in [4.78, 5) is 4.73. The SMILES string of the molecule is CC(C)c1nc2c(N)cccc2n1Cc1ccccc1Cl. The van der Waals surface area contributed by atoms with Crippen LogP contribution in [0.2, 0.25) is 5.02 Å². The van der Waals surface area contributed by atoms with E-state index in [1.807, 2.05) is 36.4 Å². The molecule has 0 aliphatic heterocycles. The van der Waals surface area contributed by atoms with Gasteiger partial charge in [-0.05, 0) is 23.8 Å². The highest BCUT2D eigenvalue weighted by Gasteiger charge is 2.16. The molecule has 3 nitrogen and oxygen atoms in total. The van der Waals surface area contributed by atoms with Crippen molar-refractivity contribution in [3.63, 3.8) is 0 Å². The quantitative estimate of drug-likeness (QED) is 0.726. The molecule has 0 radical (unpaired) electrons. The molecule has 0 saturated carbocycles. The molecule has 0 bridgehead atoms. The van der Waals surface area contributed by atoms with Crippen molar-refractivity contribution in [1.82, 2.24) is 9.55 Å². The smallest absolute Gasteiger partial charge is 0.112 e. The van der Waals surface area contributed by atoms with Gasteiger partial charge in [0.25, 0.3) is 0 Å². The number of anilines is 1. The zero-order valence-corrected chi connectivity index (χ0v) is 12.9. The van der Waals surface area contributed by atoms with Crippen molar-refractivity contribution in [2.45, 2.75) is 26.3 Å². The third-order valence-corrected chi connectivity index (χ3v) is 4.01. The molecule has 1 aromatic heterocycles.